The van der Waals surface area contributed by atoms with E-state index in [9.17, 15) is 0 Å². The van der Waals surface area contributed by atoms with Crippen LogP contribution < -0.4 is 5.32 Å². The fourth-order valence-electron chi connectivity index (χ4n) is 2.26. The Kier molecular flexibility index (Phi) is 3.19. The summed E-state index contributed by atoms with van der Waals surface area (Å²) >= 11 is 0. The average molecular weight is 184 g/mol. The Balaban J connectivity index is 1.56. The molecule has 0 amide bonds. The van der Waals surface area contributed by atoms with Crippen LogP contribution in [0.3, 0.4) is 0 Å². The highest BCUT2D eigenvalue weighted by Gasteiger charge is 2.24. The van der Waals surface area contributed by atoms with Crippen LogP contribution in [-0.4, -0.2) is 48.8 Å². The summed E-state index contributed by atoms with van der Waals surface area (Å²) in [6, 6.07) is 0. The number of rotatable bonds is 3. The largest absolute Gasteiger partial charge is 0.390 e. The molecule has 0 aromatic rings. The fraction of sp³-hybridized carbons (Fsp3) is 1.00. The highest BCUT2D eigenvalue weighted by molar-refractivity contribution is 4.79. The van der Waals surface area contributed by atoms with E-state index in [4.69, 9.17) is 5.11 Å². The maximum Gasteiger partial charge on any atom is 0.0793 e. The molecule has 13 heavy (non-hydrogen) atoms. The van der Waals surface area contributed by atoms with Crippen LogP contribution in [0.5, 0.6) is 0 Å². The van der Waals surface area contributed by atoms with Crippen LogP contribution in [-0.2, 0) is 0 Å². The van der Waals surface area contributed by atoms with Gasteiger partial charge in [0.15, 0.2) is 0 Å². The van der Waals surface area contributed by atoms with Crippen molar-refractivity contribution in [1.82, 2.24) is 10.2 Å². The molecular weight excluding hydrogens is 164 g/mol. The van der Waals surface area contributed by atoms with Crippen LogP contribution in [0.4, 0.5) is 0 Å². The van der Waals surface area contributed by atoms with Gasteiger partial charge >= 0.3 is 0 Å². The third-order valence-electron chi connectivity index (χ3n) is 3.25. The van der Waals surface area contributed by atoms with Crippen molar-refractivity contribution in [2.24, 2.45) is 5.92 Å². The highest BCUT2D eigenvalue weighted by Crippen LogP contribution is 2.18. The zero-order valence-corrected chi connectivity index (χ0v) is 8.21. The van der Waals surface area contributed by atoms with Gasteiger partial charge in [-0.3, -0.25) is 4.90 Å². The summed E-state index contributed by atoms with van der Waals surface area (Å²) in [6.45, 7) is 5.41. The van der Waals surface area contributed by atoms with Gasteiger partial charge in [0.25, 0.3) is 0 Å². The van der Waals surface area contributed by atoms with Crippen molar-refractivity contribution >= 4 is 0 Å². The van der Waals surface area contributed by atoms with Gasteiger partial charge in [0.05, 0.1) is 6.10 Å². The van der Waals surface area contributed by atoms with E-state index in [0.717, 1.165) is 19.0 Å². The van der Waals surface area contributed by atoms with E-state index in [1.807, 2.05) is 0 Å². The first-order valence-electron chi connectivity index (χ1n) is 5.46. The zero-order chi connectivity index (χ0) is 9.10. The third kappa shape index (κ3) is 2.66. The molecule has 2 heterocycles. The lowest BCUT2D eigenvalue weighted by molar-refractivity contribution is -0.00125. The summed E-state index contributed by atoms with van der Waals surface area (Å²) in [5, 5.41) is 12.5. The molecule has 0 unspecified atom stereocenters. The van der Waals surface area contributed by atoms with Gasteiger partial charge < -0.3 is 10.4 Å². The van der Waals surface area contributed by atoms with Gasteiger partial charge in [-0.1, -0.05) is 0 Å². The molecule has 2 rings (SSSR count). The molecule has 0 bridgehead atoms. The Hall–Kier alpha value is -0.120. The van der Waals surface area contributed by atoms with Crippen molar-refractivity contribution in [2.45, 2.75) is 25.4 Å². The number of nitrogens with zero attached hydrogens (tertiary/aromatic N) is 1. The first-order chi connectivity index (χ1) is 6.34. The van der Waals surface area contributed by atoms with Gasteiger partial charge in [0, 0.05) is 13.1 Å². The smallest absolute Gasteiger partial charge is 0.0793 e. The maximum absolute atomic E-state index is 9.10. The summed E-state index contributed by atoms with van der Waals surface area (Å²) in [5.41, 5.74) is 0. The van der Waals surface area contributed by atoms with Crippen LogP contribution in [0.15, 0.2) is 0 Å². The minimum Gasteiger partial charge on any atom is -0.390 e. The van der Waals surface area contributed by atoms with E-state index in [1.54, 1.807) is 0 Å². The Morgan fingerprint density at radius 3 is 2.54 bits per heavy atom. The number of aliphatic hydroxyl groups excluding tert-OH is 1. The quantitative estimate of drug-likeness (QED) is 0.651. The number of β-amino-alcohol motifs (C(OH)–C–C–N with tert-alkyl or cyclic N) is 1. The van der Waals surface area contributed by atoms with Crippen molar-refractivity contribution in [3.05, 3.63) is 0 Å². The lowest BCUT2D eigenvalue weighted by Gasteiger charge is -2.37. The predicted molar refractivity (Wildman–Crippen MR) is 52.7 cm³/mol. The molecule has 3 heteroatoms. The van der Waals surface area contributed by atoms with Crippen LogP contribution in [0.2, 0.25) is 0 Å². The van der Waals surface area contributed by atoms with Crippen molar-refractivity contribution in [3.63, 3.8) is 0 Å². The number of hydrogen-bond acceptors (Lipinski definition) is 3. The highest BCUT2D eigenvalue weighted by atomic mass is 16.3. The van der Waals surface area contributed by atoms with E-state index in [-0.39, 0.29) is 6.10 Å². The molecule has 0 aromatic carbocycles. The SMILES string of the molecule is OC1CN(CCC2CCNCC2)C1. The first kappa shape index (κ1) is 9.44. The van der Waals surface area contributed by atoms with Gasteiger partial charge in [-0.05, 0) is 44.8 Å². The normalized spacial score (nSPS) is 27.5. The van der Waals surface area contributed by atoms with Crippen molar-refractivity contribution in [3.8, 4) is 0 Å². The van der Waals surface area contributed by atoms with Crippen molar-refractivity contribution in [2.75, 3.05) is 32.7 Å². The zero-order valence-electron chi connectivity index (χ0n) is 8.21. The van der Waals surface area contributed by atoms with E-state index in [0.29, 0.717) is 0 Å². The summed E-state index contributed by atoms with van der Waals surface area (Å²) in [5.74, 6) is 0.930. The van der Waals surface area contributed by atoms with Gasteiger partial charge in [-0.25, -0.2) is 0 Å². The molecule has 2 aliphatic rings. The standard InChI is InChI=1S/C10H20N2O/c13-10-7-12(8-10)6-3-9-1-4-11-5-2-9/h9-11,13H,1-8H2. The number of nitrogens with one attached hydrogen (secondary N) is 1. The lowest BCUT2D eigenvalue weighted by Crippen LogP contribution is -2.51. The minimum absolute atomic E-state index is 0.0342. The minimum atomic E-state index is -0.0342. The lowest BCUT2D eigenvalue weighted by atomic mass is 9.94. The van der Waals surface area contributed by atoms with Crippen molar-refractivity contribution < 1.29 is 5.11 Å². The van der Waals surface area contributed by atoms with E-state index in [2.05, 4.69) is 10.2 Å². The van der Waals surface area contributed by atoms with E-state index in [1.165, 1.54) is 38.9 Å². The molecular formula is C10H20N2O. The van der Waals surface area contributed by atoms with Gasteiger partial charge in [-0.2, -0.15) is 0 Å². The summed E-state index contributed by atoms with van der Waals surface area (Å²) in [4.78, 5) is 2.35. The monoisotopic (exact) mass is 184 g/mol. The Morgan fingerprint density at radius 1 is 1.23 bits per heavy atom. The summed E-state index contributed by atoms with van der Waals surface area (Å²) in [7, 11) is 0. The Morgan fingerprint density at radius 2 is 1.92 bits per heavy atom. The summed E-state index contributed by atoms with van der Waals surface area (Å²) < 4.78 is 0. The Labute approximate surface area is 80.1 Å². The number of piperidine rings is 1. The molecule has 0 aromatic heterocycles. The first-order valence-corrected chi connectivity index (χ1v) is 5.46. The van der Waals surface area contributed by atoms with Gasteiger partial charge in [0.1, 0.15) is 0 Å². The Bertz CT molecular complexity index is 151. The van der Waals surface area contributed by atoms with Gasteiger partial charge in [-0.15, -0.1) is 0 Å². The predicted octanol–water partition coefficient (Wildman–Crippen LogP) is 0.0526. The molecule has 76 valence electrons. The molecule has 0 atom stereocenters. The second-order valence-corrected chi connectivity index (χ2v) is 4.40. The molecule has 2 aliphatic heterocycles. The van der Waals surface area contributed by atoms with Crippen LogP contribution in [0.25, 0.3) is 0 Å². The molecule has 0 saturated carbocycles. The topological polar surface area (TPSA) is 35.5 Å². The number of hydrogen-bond donors (Lipinski definition) is 2. The molecule has 0 radical (unpaired) electrons. The number of aliphatic hydroxyl groups is 1. The van der Waals surface area contributed by atoms with Crippen LogP contribution >= 0.6 is 0 Å². The third-order valence-corrected chi connectivity index (χ3v) is 3.25. The molecule has 2 saturated heterocycles. The molecule has 3 nitrogen and oxygen atoms in total. The maximum atomic E-state index is 9.10. The molecule has 2 N–H and O–H groups in total. The van der Waals surface area contributed by atoms with E-state index >= 15 is 0 Å². The van der Waals surface area contributed by atoms with Crippen LogP contribution in [0.1, 0.15) is 19.3 Å². The van der Waals surface area contributed by atoms with E-state index < -0.39 is 0 Å². The van der Waals surface area contributed by atoms with Crippen molar-refractivity contribution in [1.29, 1.82) is 0 Å². The second kappa shape index (κ2) is 4.40. The molecule has 2 fully saturated rings. The van der Waals surface area contributed by atoms with Crippen LogP contribution in [0, 0.1) is 5.92 Å². The molecule has 0 aliphatic carbocycles. The number of likely N-dealkylation sites (tertiary alicyclic amines) is 1. The fourth-order valence-corrected chi connectivity index (χ4v) is 2.26. The summed E-state index contributed by atoms with van der Waals surface area (Å²) in [6.07, 6.45) is 3.98. The molecule has 0 spiro atoms. The second-order valence-electron chi connectivity index (χ2n) is 4.40. The van der Waals surface area contributed by atoms with Gasteiger partial charge in [0.2, 0.25) is 0 Å². The average Bonchev–Trinajstić information content (AvgIpc) is 2.12.